The van der Waals surface area contributed by atoms with Gasteiger partial charge in [-0.15, -0.1) is 5.10 Å². The molecule has 0 aliphatic heterocycles. The average molecular weight is 268 g/mol. The number of aromatic nitrogens is 4. The summed E-state index contributed by atoms with van der Waals surface area (Å²) in [6.45, 7) is 2.01. The van der Waals surface area contributed by atoms with Gasteiger partial charge in [0.15, 0.2) is 0 Å². The Labute approximate surface area is 108 Å². The summed E-state index contributed by atoms with van der Waals surface area (Å²) in [5.41, 5.74) is 1.11. The Morgan fingerprint density at radius 1 is 1.56 bits per heavy atom. The number of anilines is 1. The van der Waals surface area contributed by atoms with E-state index >= 15 is 0 Å². The molecule has 94 valence electrons. The molecule has 1 amide bonds. The number of rotatable bonds is 3. The van der Waals surface area contributed by atoms with Crippen LogP contribution in [0.15, 0.2) is 24.5 Å². The molecule has 1 aromatic heterocycles. The second-order valence-electron chi connectivity index (χ2n) is 3.26. The van der Waals surface area contributed by atoms with Crippen LogP contribution in [-0.2, 0) is 4.74 Å². The van der Waals surface area contributed by atoms with E-state index in [9.17, 15) is 4.79 Å². The second-order valence-corrected chi connectivity index (χ2v) is 3.67. The van der Waals surface area contributed by atoms with Crippen LogP contribution in [0, 0.1) is 0 Å². The molecule has 2 aromatic rings. The number of hydrogen-bond donors (Lipinski definition) is 1. The molecule has 0 unspecified atom stereocenters. The molecule has 1 aromatic carbocycles. The Hall–Kier alpha value is -2.15. The first-order valence-corrected chi connectivity index (χ1v) is 5.55. The first kappa shape index (κ1) is 12.3. The van der Waals surface area contributed by atoms with Gasteiger partial charge in [0.1, 0.15) is 6.33 Å². The molecule has 0 aliphatic carbocycles. The second kappa shape index (κ2) is 5.46. The first-order valence-electron chi connectivity index (χ1n) is 5.17. The number of benzene rings is 1. The standard InChI is InChI=1S/C10H10ClN5O2/c1-2-18-10(17)13-9-5-7(3-4-8(9)11)16-6-12-14-15-16/h3-6H,2H2,1H3,(H,13,17). The molecule has 1 N–H and O–H groups in total. The molecule has 0 saturated carbocycles. The lowest BCUT2D eigenvalue weighted by Crippen LogP contribution is -2.13. The molecule has 8 heteroatoms. The molecule has 0 radical (unpaired) electrons. The molecular weight excluding hydrogens is 258 g/mol. The van der Waals surface area contributed by atoms with Crippen LogP contribution in [0.5, 0.6) is 0 Å². The van der Waals surface area contributed by atoms with Crippen molar-refractivity contribution in [2.45, 2.75) is 6.92 Å². The van der Waals surface area contributed by atoms with Crippen molar-refractivity contribution in [3.8, 4) is 5.69 Å². The highest BCUT2D eigenvalue weighted by Gasteiger charge is 2.08. The molecule has 0 fully saturated rings. The average Bonchev–Trinajstić information content (AvgIpc) is 2.86. The highest BCUT2D eigenvalue weighted by atomic mass is 35.5. The van der Waals surface area contributed by atoms with Crippen molar-refractivity contribution >= 4 is 23.4 Å². The van der Waals surface area contributed by atoms with Crippen molar-refractivity contribution in [3.63, 3.8) is 0 Å². The summed E-state index contributed by atoms with van der Waals surface area (Å²) in [6, 6.07) is 5.02. The summed E-state index contributed by atoms with van der Waals surface area (Å²) >= 11 is 5.97. The fourth-order valence-electron chi connectivity index (χ4n) is 1.31. The van der Waals surface area contributed by atoms with Gasteiger partial charge in [-0.05, 0) is 35.5 Å². The van der Waals surface area contributed by atoms with Gasteiger partial charge in [-0.3, -0.25) is 5.32 Å². The van der Waals surface area contributed by atoms with E-state index in [0.29, 0.717) is 16.4 Å². The van der Waals surface area contributed by atoms with Crippen molar-refractivity contribution in [1.29, 1.82) is 0 Å². The third-order valence-electron chi connectivity index (χ3n) is 2.08. The minimum Gasteiger partial charge on any atom is -0.450 e. The fraction of sp³-hybridized carbons (Fsp3) is 0.200. The number of amides is 1. The van der Waals surface area contributed by atoms with E-state index in [4.69, 9.17) is 16.3 Å². The van der Waals surface area contributed by atoms with Gasteiger partial charge in [0, 0.05) is 0 Å². The largest absolute Gasteiger partial charge is 0.450 e. The molecule has 7 nitrogen and oxygen atoms in total. The number of tetrazole rings is 1. The minimum atomic E-state index is -0.562. The highest BCUT2D eigenvalue weighted by molar-refractivity contribution is 6.33. The van der Waals surface area contributed by atoms with E-state index < -0.39 is 6.09 Å². The predicted molar refractivity (Wildman–Crippen MR) is 64.8 cm³/mol. The molecule has 0 atom stereocenters. The number of nitrogens with one attached hydrogen (secondary N) is 1. The lowest BCUT2D eigenvalue weighted by Gasteiger charge is -2.08. The third-order valence-corrected chi connectivity index (χ3v) is 2.41. The quantitative estimate of drug-likeness (QED) is 0.918. The van der Waals surface area contributed by atoms with Gasteiger partial charge in [0.05, 0.1) is 23.0 Å². The fourth-order valence-corrected chi connectivity index (χ4v) is 1.47. The Morgan fingerprint density at radius 3 is 3.06 bits per heavy atom. The van der Waals surface area contributed by atoms with Crippen molar-refractivity contribution in [2.24, 2.45) is 0 Å². The van der Waals surface area contributed by atoms with Crippen molar-refractivity contribution < 1.29 is 9.53 Å². The van der Waals surface area contributed by atoms with Crippen LogP contribution in [0.4, 0.5) is 10.5 Å². The lowest BCUT2D eigenvalue weighted by atomic mass is 10.3. The first-order chi connectivity index (χ1) is 8.70. The van der Waals surface area contributed by atoms with Crippen molar-refractivity contribution in [1.82, 2.24) is 20.2 Å². The summed E-state index contributed by atoms with van der Waals surface area (Å²) in [6.07, 6.45) is 0.880. The van der Waals surface area contributed by atoms with Gasteiger partial charge in [0.25, 0.3) is 0 Å². The van der Waals surface area contributed by atoms with Crippen LogP contribution < -0.4 is 5.32 Å². The Bertz CT molecular complexity index is 543. The van der Waals surface area contributed by atoms with Crippen LogP contribution in [0.1, 0.15) is 6.92 Å². The molecule has 0 bridgehead atoms. The molecule has 18 heavy (non-hydrogen) atoms. The van der Waals surface area contributed by atoms with Gasteiger partial charge < -0.3 is 4.74 Å². The monoisotopic (exact) mass is 267 g/mol. The Balaban J connectivity index is 2.24. The van der Waals surface area contributed by atoms with Gasteiger partial charge in [0.2, 0.25) is 0 Å². The van der Waals surface area contributed by atoms with E-state index in [1.54, 1.807) is 25.1 Å². The maximum Gasteiger partial charge on any atom is 0.411 e. The summed E-state index contributed by atoms with van der Waals surface area (Å²) in [5, 5.41) is 13.7. The lowest BCUT2D eigenvalue weighted by molar-refractivity contribution is 0.168. The molecular formula is C10H10ClN5O2. The van der Waals surface area contributed by atoms with Crippen LogP contribution >= 0.6 is 11.6 Å². The maximum atomic E-state index is 11.3. The molecule has 0 aliphatic rings. The molecule has 2 rings (SSSR count). The predicted octanol–water partition coefficient (Wildman–Crippen LogP) is 1.88. The third kappa shape index (κ3) is 2.75. The number of nitrogens with zero attached hydrogens (tertiary/aromatic N) is 4. The SMILES string of the molecule is CCOC(=O)Nc1cc(-n2cnnn2)ccc1Cl. The summed E-state index contributed by atoms with van der Waals surface area (Å²) < 4.78 is 6.23. The Kier molecular flexibility index (Phi) is 3.73. The zero-order valence-electron chi connectivity index (χ0n) is 9.50. The summed E-state index contributed by atoms with van der Waals surface area (Å²) in [4.78, 5) is 11.3. The van der Waals surface area contributed by atoms with Gasteiger partial charge >= 0.3 is 6.09 Å². The van der Waals surface area contributed by atoms with E-state index in [2.05, 4.69) is 20.8 Å². The number of hydrogen-bond acceptors (Lipinski definition) is 5. The van der Waals surface area contributed by atoms with Crippen molar-refractivity contribution in [3.05, 3.63) is 29.5 Å². The normalized spacial score (nSPS) is 10.1. The van der Waals surface area contributed by atoms with Crippen molar-refractivity contribution in [2.75, 3.05) is 11.9 Å². The zero-order chi connectivity index (χ0) is 13.0. The number of carbonyl (C=O) groups is 1. The Morgan fingerprint density at radius 2 is 2.39 bits per heavy atom. The van der Waals surface area contributed by atoms with E-state index in [0.717, 1.165) is 0 Å². The summed E-state index contributed by atoms with van der Waals surface area (Å²) in [7, 11) is 0. The van der Waals surface area contributed by atoms with E-state index in [1.807, 2.05) is 0 Å². The summed E-state index contributed by atoms with van der Waals surface area (Å²) in [5.74, 6) is 0. The van der Waals surface area contributed by atoms with Gasteiger partial charge in [-0.2, -0.15) is 0 Å². The maximum absolute atomic E-state index is 11.3. The zero-order valence-corrected chi connectivity index (χ0v) is 10.3. The van der Waals surface area contributed by atoms with Crippen LogP contribution in [0.2, 0.25) is 5.02 Å². The van der Waals surface area contributed by atoms with E-state index in [1.165, 1.54) is 11.0 Å². The molecule has 0 saturated heterocycles. The van der Waals surface area contributed by atoms with Crippen LogP contribution in [0.3, 0.4) is 0 Å². The van der Waals surface area contributed by atoms with Crippen LogP contribution in [0.25, 0.3) is 5.69 Å². The molecule has 1 heterocycles. The smallest absolute Gasteiger partial charge is 0.411 e. The number of ether oxygens (including phenoxy) is 1. The van der Waals surface area contributed by atoms with E-state index in [-0.39, 0.29) is 6.61 Å². The van der Waals surface area contributed by atoms with Crippen LogP contribution in [-0.4, -0.2) is 32.9 Å². The highest BCUT2D eigenvalue weighted by Crippen LogP contribution is 2.24. The van der Waals surface area contributed by atoms with Gasteiger partial charge in [-0.25, -0.2) is 9.48 Å². The number of carbonyl (C=O) groups excluding carboxylic acids is 1. The topological polar surface area (TPSA) is 81.9 Å². The number of halogens is 1. The van der Waals surface area contributed by atoms with Gasteiger partial charge in [-0.1, -0.05) is 11.6 Å². The minimum absolute atomic E-state index is 0.288. The molecule has 0 spiro atoms.